The Hall–Kier alpha value is -0.650. The number of nitrogens with two attached hydrogens (primary N) is 1. The molecule has 0 unspecified atom stereocenters. The number of ether oxygens (including phenoxy) is 1. The lowest BCUT2D eigenvalue weighted by molar-refractivity contribution is -0.138. The molecule has 17 heavy (non-hydrogen) atoms. The topological polar surface area (TPSA) is 75.8 Å². The molecule has 0 aromatic carbocycles. The number of aliphatic hydroxyl groups is 1. The summed E-state index contributed by atoms with van der Waals surface area (Å²) in [6, 6.07) is -0.669. The van der Waals surface area contributed by atoms with Gasteiger partial charge in [-0.25, -0.2) is 0 Å². The van der Waals surface area contributed by atoms with Gasteiger partial charge in [0, 0.05) is 20.2 Å². The average molecular weight is 246 g/mol. The first kappa shape index (κ1) is 16.4. The van der Waals surface area contributed by atoms with E-state index >= 15 is 0 Å². The molecule has 5 nitrogen and oxygen atoms in total. The van der Waals surface area contributed by atoms with E-state index in [-0.39, 0.29) is 24.2 Å². The maximum Gasteiger partial charge on any atom is 0.241 e. The van der Waals surface area contributed by atoms with Crippen molar-refractivity contribution in [3.63, 3.8) is 0 Å². The third-order valence-electron chi connectivity index (χ3n) is 2.36. The lowest BCUT2D eigenvalue weighted by Gasteiger charge is -2.30. The largest absolute Gasteiger partial charge is 0.396 e. The van der Waals surface area contributed by atoms with Crippen molar-refractivity contribution in [3.05, 3.63) is 0 Å². The fourth-order valence-electron chi connectivity index (χ4n) is 1.50. The van der Waals surface area contributed by atoms with Crippen molar-refractivity contribution < 1.29 is 14.6 Å². The van der Waals surface area contributed by atoms with E-state index in [1.807, 2.05) is 20.8 Å². The predicted molar refractivity (Wildman–Crippen MR) is 67.6 cm³/mol. The molecule has 102 valence electrons. The molecular formula is C12H26N2O3. The maximum absolute atomic E-state index is 11.9. The molecule has 1 amide bonds. The Morgan fingerprint density at radius 2 is 2.00 bits per heavy atom. The van der Waals surface area contributed by atoms with Gasteiger partial charge in [-0.3, -0.25) is 4.79 Å². The van der Waals surface area contributed by atoms with Crippen LogP contribution in [0.2, 0.25) is 0 Å². The van der Waals surface area contributed by atoms with E-state index in [1.165, 1.54) is 4.90 Å². The van der Waals surface area contributed by atoms with Crippen molar-refractivity contribution in [1.29, 1.82) is 0 Å². The zero-order valence-electron chi connectivity index (χ0n) is 11.6. The Balaban J connectivity index is 4.28. The second-order valence-electron chi connectivity index (χ2n) is 5.30. The molecule has 0 fully saturated rings. The van der Waals surface area contributed by atoms with Gasteiger partial charge in [0.25, 0.3) is 0 Å². The van der Waals surface area contributed by atoms with E-state index in [2.05, 4.69) is 0 Å². The van der Waals surface area contributed by atoms with Gasteiger partial charge in [0.15, 0.2) is 0 Å². The van der Waals surface area contributed by atoms with Gasteiger partial charge in [-0.05, 0) is 34.1 Å². The van der Waals surface area contributed by atoms with Crippen molar-refractivity contribution in [2.24, 2.45) is 5.73 Å². The first-order valence-electron chi connectivity index (χ1n) is 5.98. The predicted octanol–water partition coefficient (Wildman–Crippen LogP) is 0.358. The minimum Gasteiger partial charge on any atom is -0.396 e. The number of carbonyl (C=O) groups is 1. The number of amides is 1. The Labute approximate surface area is 104 Å². The number of rotatable bonds is 6. The minimum absolute atomic E-state index is 0.0703. The van der Waals surface area contributed by atoms with E-state index in [0.29, 0.717) is 13.0 Å². The monoisotopic (exact) mass is 246 g/mol. The number of hydrogen-bond donors (Lipinski definition) is 2. The number of likely N-dealkylation sites (N-methyl/N-ethyl adjacent to an activating group) is 1. The summed E-state index contributed by atoms with van der Waals surface area (Å²) in [6.07, 6.45) is 0.225. The van der Waals surface area contributed by atoms with Crippen LogP contribution in [0.25, 0.3) is 0 Å². The highest BCUT2D eigenvalue weighted by molar-refractivity contribution is 5.82. The van der Waals surface area contributed by atoms with Crippen LogP contribution in [-0.4, -0.2) is 53.9 Å². The van der Waals surface area contributed by atoms with Crippen molar-refractivity contribution >= 4 is 5.91 Å². The van der Waals surface area contributed by atoms with Crippen LogP contribution in [0.15, 0.2) is 0 Å². The molecule has 0 heterocycles. The molecule has 0 aromatic heterocycles. The summed E-state index contributed by atoms with van der Waals surface area (Å²) in [5.74, 6) is -0.157. The van der Waals surface area contributed by atoms with Gasteiger partial charge >= 0.3 is 0 Å². The summed E-state index contributed by atoms with van der Waals surface area (Å²) >= 11 is 0. The lowest BCUT2D eigenvalue weighted by Crippen LogP contribution is -2.50. The number of nitrogens with zero attached hydrogens (tertiary/aromatic N) is 1. The SMILES string of the molecule is C[C@@H](OC(C)(C)C)[C@H](N)C(=O)N(C)CCCO. The number of hydrogen-bond acceptors (Lipinski definition) is 4. The summed E-state index contributed by atoms with van der Waals surface area (Å²) < 4.78 is 5.65. The van der Waals surface area contributed by atoms with Gasteiger partial charge in [0.2, 0.25) is 5.91 Å². The van der Waals surface area contributed by atoms with Gasteiger partial charge in [-0.2, -0.15) is 0 Å². The Kier molecular flexibility index (Phi) is 6.67. The molecule has 0 rings (SSSR count). The summed E-state index contributed by atoms with van der Waals surface area (Å²) in [5.41, 5.74) is 5.54. The molecule has 0 bridgehead atoms. The van der Waals surface area contributed by atoms with E-state index in [9.17, 15) is 4.79 Å². The Morgan fingerprint density at radius 1 is 1.47 bits per heavy atom. The fraction of sp³-hybridized carbons (Fsp3) is 0.917. The summed E-state index contributed by atoms with van der Waals surface area (Å²) in [5, 5.41) is 8.70. The van der Waals surface area contributed by atoms with Crippen LogP contribution in [0.1, 0.15) is 34.1 Å². The highest BCUT2D eigenvalue weighted by atomic mass is 16.5. The van der Waals surface area contributed by atoms with Gasteiger partial charge in [-0.1, -0.05) is 0 Å². The van der Waals surface area contributed by atoms with Crippen molar-refractivity contribution in [2.45, 2.75) is 51.9 Å². The van der Waals surface area contributed by atoms with Crippen LogP contribution in [0.3, 0.4) is 0 Å². The maximum atomic E-state index is 11.9. The smallest absolute Gasteiger partial charge is 0.241 e. The second kappa shape index (κ2) is 6.93. The van der Waals surface area contributed by atoms with Crippen LogP contribution in [0.4, 0.5) is 0 Å². The molecule has 0 saturated heterocycles. The van der Waals surface area contributed by atoms with Crippen LogP contribution in [0, 0.1) is 0 Å². The van der Waals surface area contributed by atoms with Gasteiger partial charge in [-0.15, -0.1) is 0 Å². The van der Waals surface area contributed by atoms with Crippen molar-refractivity contribution in [2.75, 3.05) is 20.2 Å². The van der Waals surface area contributed by atoms with Crippen molar-refractivity contribution in [3.8, 4) is 0 Å². The zero-order chi connectivity index (χ0) is 13.6. The molecule has 0 aliphatic heterocycles. The normalized spacial score (nSPS) is 15.5. The highest BCUT2D eigenvalue weighted by Crippen LogP contribution is 2.13. The molecule has 3 N–H and O–H groups in total. The van der Waals surface area contributed by atoms with E-state index in [1.54, 1.807) is 14.0 Å². The van der Waals surface area contributed by atoms with E-state index < -0.39 is 6.04 Å². The molecule has 0 aliphatic rings. The Morgan fingerprint density at radius 3 is 2.41 bits per heavy atom. The summed E-state index contributed by atoms with van der Waals surface area (Å²) in [4.78, 5) is 13.4. The molecule has 0 aliphatic carbocycles. The zero-order valence-corrected chi connectivity index (χ0v) is 11.6. The summed E-state index contributed by atoms with van der Waals surface area (Å²) in [6.45, 7) is 8.16. The van der Waals surface area contributed by atoms with Crippen LogP contribution >= 0.6 is 0 Å². The van der Waals surface area contributed by atoms with Crippen LogP contribution in [0.5, 0.6) is 0 Å². The second-order valence-corrected chi connectivity index (χ2v) is 5.30. The number of aliphatic hydroxyl groups excluding tert-OH is 1. The fourth-order valence-corrected chi connectivity index (χ4v) is 1.50. The van der Waals surface area contributed by atoms with Gasteiger partial charge < -0.3 is 20.5 Å². The lowest BCUT2D eigenvalue weighted by atomic mass is 10.1. The van der Waals surface area contributed by atoms with Crippen molar-refractivity contribution in [1.82, 2.24) is 4.90 Å². The van der Waals surface area contributed by atoms with Gasteiger partial charge in [0.1, 0.15) is 6.04 Å². The average Bonchev–Trinajstić information content (AvgIpc) is 2.21. The number of carbonyl (C=O) groups excluding carboxylic acids is 1. The molecule has 0 aromatic rings. The van der Waals surface area contributed by atoms with Gasteiger partial charge in [0.05, 0.1) is 11.7 Å². The quantitative estimate of drug-likeness (QED) is 0.709. The first-order chi connectivity index (χ1) is 7.69. The molecule has 0 saturated carbocycles. The highest BCUT2D eigenvalue weighted by Gasteiger charge is 2.27. The van der Waals surface area contributed by atoms with E-state index in [4.69, 9.17) is 15.6 Å². The third-order valence-corrected chi connectivity index (χ3v) is 2.36. The first-order valence-corrected chi connectivity index (χ1v) is 5.98. The molecular weight excluding hydrogens is 220 g/mol. The standard InChI is InChI=1S/C12H26N2O3/c1-9(17-12(2,3)4)10(13)11(16)14(5)7-6-8-15/h9-10,15H,6-8,13H2,1-5H3/t9-,10+/m1/s1. The minimum atomic E-state index is -0.669. The van der Waals surface area contributed by atoms with E-state index in [0.717, 1.165) is 0 Å². The molecule has 2 atom stereocenters. The third kappa shape index (κ3) is 6.61. The van der Waals surface area contributed by atoms with Crippen LogP contribution < -0.4 is 5.73 Å². The summed E-state index contributed by atoms with van der Waals surface area (Å²) in [7, 11) is 1.68. The molecule has 0 radical (unpaired) electrons. The Bertz CT molecular complexity index is 238. The van der Waals surface area contributed by atoms with Crippen LogP contribution in [-0.2, 0) is 9.53 Å². The molecule has 5 heteroatoms. The molecule has 0 spiro atoms.